The van der Waals surface area contributed by atoms with E-state index in [2.05, 4.69) is 13.8 Å². The summed E-state index contributed by atoms with van der Waals surface area (Å²) in [6, 6.07) is 0. The lowest BCUT2D eigenvalue weighted by Crippen LogP contribution is -2.06. The van der Waals surface area contributed by atoms with Gasteiger partial charge in [0.05, 0.1) is 0 Å². The van der Waals surface area contributed by atoms with Crippen LogP contribution in [0.3, 0.4) is 0 Å². The molecule has 1 nitrogen and oxygen atoms in total. The molecular weight excluding hydrogens is 278 g/mol. The van der Waals surface area contributed by atoms with Crippen molar-refractivity contribution in [3.63, 3.8) is 0 Å². The van der Waals surface area contributed by atoms with Crippen LogP contribution >= 0.6 is 0 Å². The normalized spacial score (nSPS) is 12.7. The van der Waals surface area contributed by atoms with Gasteiger partial charge < -0.3 is 5.73 Å². The lowest BCUT2D eigenvalue weighted by molar-refractivity contribution is 0.375. The Morgan fingerprint density at radius 2 is 0.826 bits per heavy atom. The van der Waals surface area contributed by atoms with Gasteiger partial charge in [0.15, 0.2) is 0 Å². The van der Waals surface area contributed by atoms with Gasteiger partial charge in [0, 0.05) is 0 Å². The van der Waals surface area contributed by atoms with Crippen molar-refractivity contribution >= 4 is 0 Å². The van der Waals surface area contributed by atoms with Crippen LogP contribution in [0.2, 0.25) is 0 Å². The highest BCUT2D eigenvalue weighted by Gasteiger charge is 2.08. The molecule has 0 heterocycles. The minimum Gasteiger partial charge on any atom is -0.330 e. The molecule has 0 rings (SSSR count). The summed E-state index contributed by atoms with van der Waals surface area (Å²) in [6.07, 6.45) is 25.7. The molecule has 1 atom stereocenters. The first-order chi connectivity index (χ1) is 11.3. The number of nitrogens with two attached hydrogens (primary N) is 1. The highest BCUT2D eigenvalue weighted by atomic mass is 14.5. The van der Waals surface area contributed by atoms with Gasteiger partial charge in [-0.15, -0.1) is 0 Å². The van der Waals surface area contributed by atoms with Gasteiger partial charge in [-0.1, -0.05) is 117 Å². The third kappa shape index (κ3) is 18.1. The molecule has 0 aromatic carbocycles. The standard InChI is InChI=1S/C22H47N/c1-3-5-7-9-10-11-12-13-14-16-19-22(20-17-21-23)18-15-8-6-4-2/h22H,3-21,23H2,1-2H3. The number of hydrogen-bond acceptors (Lipinski definition) is 1. The van der Waals surface area contributed by atoms with E-state index in [4.69, 9.17) is 5.73 Å². The third-order valence-electron chi connectivity index (χ3n) is 5.25. The summed E-state index contributed by atoms with van der Waals surface area (Å²) in [6.45, 7) is 5.48. The summed E-state index contributed by atoms with van der Waals surface area (Å²) in [7, 11) is 0. The summed E-state index contributed by atoms with van der Waals surface area (Å²) in [5.41, 5.74) is 5.71. The van der Waals surface area contributed by atoms with Gasteiger partial charge in [0.25, 0.3) is 0 Å². The molecule has 0 saturated carbocycles. The summed E-state index contributed by atoms with van der Waals surface area (Å²) in [5.74, 6) is 0.962. The molecule has 140 valence electrons. The Morgan fingerprint density at radius 1 is 0.478 bits per heavy atom. The molecular formula is C22H47N. The second kappa shape index (κ2) is 20.0. The van der Waals surface area contributed by atoms with Crippen LogP contribution in [-0.4, -0.2) is 6.54 Å². The first kappa shape index (κ1) is 23.0. The van der Waals surface area contributed by atoms with Crippen molar-refractivity contribution in [2.45, 2.75) is 129 Å². The molecule has 0 saturated heterocycles. The Hall–Kier alpha value is -0.0400. The topological polar surface area (TPSA) is 26.0 Å². The van der Waals surface area contributed by atoms with E-state index < -0.39 is 0 Å². The van der Waals surface area contributed by atoms with E-state index >= 15 is 0 Å². The molecule has 0 aromatic rings. The van der Waals surface area contributed by atoms with E-state index in [9.17, 15) is 0 Å². The third-order valence-corrected chi connectivity index (χ3v) is 5.25. The second-order valence-electron chi connectivity index (χ2n) is 7.62. The Morgan fingerprint density at radius 3 is 1.26 bits per heavy atom. The zero-order valence-corrected chi connectivity index (χ0v) is 16.6. The molecule has 1 heteroatoms. The van der Waals surface area contributed by atoms with Gasteiger partial charge >= 0.3 is 0 Å². The van der Waals surface area contributed by atoms with E-state index in [1.807, 2.05) is 0 Å². The molecule has 0 aliphatic heterocycles. The van der Waals surface area contributed by atoms with E-state index in [1.54, 1.807) is 0 Å². The fraction of sp³-hybridized carbons (Fsp3) is 1.00. The monoisotopic (exact) mass is 325 g/mol. The van der Waals surface area contributed by atoms with Crippen LogP contribution in [0.1, 0.15) is 129 Å². The van der Waals surface area contributed by atoms with Gasteiger partial charge in [0.2, 0.25) is 0 Å². The highest BCUT2D eigenvalue weighted by Crippen LogP contribution is 2.23. The summed E-state index contributed by atoms with van der Waals surface area (Å²) < 4.78 is 0. The SMILES string of the molecule is CCCCCCCCCCCCC(CCCN)CCCCCC. The molecule has 1 unspecified atom stereocenters. The molecule has 0 aliphatic rings. The van der Waals surface area contributed by atoms with Crippen LogP contribution in [0.4, 0.5) is 0 Å². The maximum atomic E-state index is 5.71. The maximum absolute atomic E-state index is 5.71. The second-order valence-corrected chi connectivity index (χ2v) is 7.62. The van der Waals surface area contributed by atoms with Crippen molar-refractivity contribution in [2.75, 3.05) is 6.54 Å². The van der Waals surface area contributed by atoms with Crippen molar-refractivity contribution in [3.05, 3.63) is 0 Å². The zero-order chi connectivity index (χ0) is 17.0. The maximum Gasteiger partial charge on any atom is -0.00772 e. The largest absolute Gasteiger partial charge is 0.330 e. The number of hydrogen-bond donors (Lipinski definition) is 1. The van der Waals surface area contributed by atoms with Crippen molar-refractivity contribution in [2.24, 2.45) is 11.7 Å². The Balaban J connectivity index is 3.46. The van der Waals surface area contributed by atoms with E-state index in [0.29, 0.717) is 0 Å². The summed E-state index contributed by atoms with van der Waals surface area (Å²) >= 11 is 0. The number of unbranched alkanes of at least 4 members (excludes halogenated alkanes) is 12. The predicted octanol–water partition coefficient (Wildman–Crippen LogP) is 7.62. The summed E-state index contributed by atoms with van der Waals surface area (Å²) in [4.78, 5) is 0. The molecule has 23 heavy (non-hydrogen) atoms. The number of rotatable bonds is 19. The highest BCUT2D eigenvalue weighted by molar-refractivity contribution is 4.61. The average molecular weight is 326 g/mol. The molecule has 0 spiro atoms. The van der Waals surface area contributed by atoms with Crippen molar-refractivity contribution in [1.29, 1.82) is 0 Å². The quantitative estimate of drug-likeness (QED) is 0.243. The van der Waals surface area contributed by atoms with Crippen molar-refractivity contribution in [1.82, 2.24) is 0 Å². The Labute approximate surface area is 148 Å². The van der Waals surface area contributed by atoms with Crippen LogP contribution in [0.25, 0.3) is 0 Å². The molecule has 0 aromatic heterocycles. The Kier molecular flexibility index (Phi) is 20.0. The van der Waals surface area contributed by atoms with Crippen LogP contribution in [-0.2, 0) is 0 Å². The van der Waals surface area contributed by atoms with Crippen LogP contribution < -0.4 is 5.73 Å². The predicted molar refractivity (Wildman–Crippen MR) is 107 cm³/mol. The first-order valence-corrected chi connectivity index (χ1v) is 11.0. The molecule has 0 radical (unpaired) electrons. The fourth-order valence-electron chi connectivity index (χ4n) is 3.62. The van der Waals surface area contributed by atoms with Crippen molar-refractivity contribution < 1.29 is 0 Å². The van der Waals surface area contributed by atoms with E-state index in [-0.39, 0.29) is 0 Å². The Bertz CT molecular complexity index is 202. The summed E-state index contributed by atoms with van der Waals surface area (Å²) in [5, 5.41) is 0. The lowest BCUT2D eigenvalue weighted by Gasteiger charge is -2.16. The fourth-order valence-corrected chi connectivity index (χ4v) is 3.62. The first-order valence-electron chi connectivity index (χ1n) is 11.0. The average Bonchev–Trinajstić information content (AvgIpc) is 2.57. The van der Waals surface area contributed by atoms with E-state index in [1.165, 1.54) is 116 Å². The minimum absolute atomic E-state index is 0.878. The zero-order valence-electron chi connectivity index (χ0n) is 16.6. The minimum atomic E-state index is 0.878. The van der Waals surface area contributed by atoms with Gasteiger partial charge in [-0.05, 0) is 25.3 Å². The smallest absolute Gasteiger partial charge is 0.00772 e. The van der Waals surface area contributed by atoms with E-state index in [0.717, 1.165) is 12.5 Å². The molecule has 0 fully saturated rings. The van der Waals surface area contributed by atoms with Crippen LogP contribution in [0.5, 0.6) is 0 Å². The molecule has 0 amide bonds. The van der Waals surface area contributed by atoms with Gasteiger partial charge in [-0.2, -0.15) is 0 Å². The molecule has 0 aliphatic carbocycles. The van der Waals surface area contributed by atoms with Crippen LogP contribution in [0, 0.1) is 5.92 Å². The molecule has 2 N–H and O–H groups in total. The van der Waals surface area contributed by atoms with Gasteiger partial charge in [-0.25, -0.2) is 0 Å². The van der Waals surface area contributed by atoms with Crippen LogP contribution in [0.15, 0.2) is 0 Å². The van der Waals surface area contributed by atoms with Gasteiger partial charge in [0.1, 0.15) is 0 Å². The molecule has 0 bridgehead atoms. The van der Waals surface area contributed by atoms with Crippen molar-refractivity contribution in [3.8, 4) is 0 Å². The lowest BCUT2D eigenvalue weighted by atomic mass is 9.90. The van der Waals surface area contributed by atoms with Gasteiger partial charge in [-0.3, -0.25) is 0 Å².